The van der Waals surface area contributed by atoms with Gasteiger partial charge in [-0.25, -0.2) is 0 Å². The second kappa shape index (κ2) is 7.62. The number of benzene rings is 1. The summed E-state index contributed by atoms with van der Waals surface area (Å²) < 4.78 is 0. The molecule has 0 radical (unpaired) electrons. The van der Waals surface area contributed by atoms with Crippen molar-refractivity contribution in [2.45, 2.75) is 13.5 Å². The lowest BCUT2D eigenvalue weighted by Crippen LogP contribution is -2.49. The van der Waals surface area contributed by atoms with E-state index in [4.69, 9.17) is 23.8 Å². The van der Waals surface area contributed by atoms with Gasteiger partial charge < -0.3 is 10.2 Å². The van der Waals surface area contributed by atoms with Crippen molar-refractivity contribution in [3.8, 4) is 0 Å². The maximum atomic E-state index is 6.17. The van der Waals surface area contributed by atoms with E-state index >= 15 is 0 Å². The summed E-state index contributed by atoms with van der Waals surface area (Å²) in [5, 5.41) is 9.24. The molecule has 1 saturated heterocycles. The van der Waals surface area contributed by atoms with Gasteiger partial charge in [-0.05, 0) is 59.2 Å². The van der Waals surface area contributed by atoms with E-state index in [1.807, 2.05) is 25.1 Å². The van der Waals surface area contributed by atoms with Crippen LogP contribution in [-0.4, -0.2) is 41.1 Å². The number of anilines is 1. The molecule has 2 heterocycles. The van der Waals surface area contributed by atoms with Crippen LogP contribution >= 0.6 is 35.2 Å². The molecule has 2 aromatic rings. The van der Waals surface area contributed by atoms with Crippen LogP contribution in [0.2, 0.25) is 5.02 Å². The Hall–Kier alpha value is -1.14. The fraction of sp³-hybridized carbons (Fsp3) is 0.353. The van der Waals surface area contributed by atoms with E-state index in [1.54, 1.807) is 11.3 Å². The summed E-state index contributed by atoms with van der Waals surface area (Å²) >= 11 is 13.5. The van der Waals surface area contributed by atoms with E-state index in [-0.39, 0.29) is 0 Å². The lowest BCUT2D eigenvalue weighted by atomic mass is 10.2. The molecule has 0 unspecified atom stereocenters. The summed E-state index contributed by atoms with van der Waals surface area (Å²) in [5.41, 5.74) is 3.43. The minimum absolute atomic E-state index is 0.762. The average molecular weight is 366 g/mol. The zero-order valence-electron chi connectivity index (χ0n) is 13.1. The molecule has 3 nitrogen and oxygen atoms in total. The minimum atomic E-state index is 0.762. The van der Waals surface area contributed by atoms with Crippen molar-refractivity contribution in [2.75, 3.05) is 31.5 Å². The summed E-state index contributed by atoms with van der Waals surface area (Å²) in [6.07, 6.45) is 0. The Morgan fingerprint density at radius 2 is 2.04 bits per heavy atom. The van der Waals surface area contributed by atoms with Crippen LogP contribution in [0.3, 0.4) is 0 Å². The molecular formula is C17H20ClN3S2. The zero-order chi connectivity index (χ0) is 16.2. The first-order valence-electron chi connectivity index (χ1n) is 7.68. The lowest BCUT2D eigenvalue weighted by molar-refractivity contribution is 0.177. The number of halogens is 1. The number of nitrogens with one attached hydrogen (secondary N) is 1. The van der Waals surface area contributed by atoms with Crippen molar-refractivity contribution in [1.29, 1.82) is 0 Å². The molecule has 0 bridgehead atoms. The van der Waals surface area contributed by atoms with Crippen molar-refractivity contribution in [2.24, 2.45) is 0 Å². The van der Waals surface area contributed by atoms with E-state index in [0.29, 0.717) is 0 Å². The second-order valence-corrected chi connectivity index (χ2v) is 7.31. The SMILES string of the molecule is Cc1c(Cl)cccc1NC(=S)N1CCN(Cc2ccsc2)CC1. The van der Waals surface area contributed by atoms with E-state index in [0.717, 1.165) is 54.1 Å². The topological polar surface area (TPSA) is 18.5 Å². The molecule has 1 aromatic heterocycles. The Bertz CT molecular complexity index is 664. The minimum Gasteiger partial charge on any atom is -0.346 e. The van der Waals surface area contributed by atoms with Crippen molar-refractivity contribution < 1.29 is 0 Å². The molecule has 0 aliphatic carbocycles. The monoisotopic (exact) mass is 365 g/mol. The maximum Gasteiger partial charge on any atom is 0.173 e. The van der Waals surface area contributed by atoms with Crippen LogP contribution in [0.4, 0.5) is 5.69 Å². The first-order valence-corrected chi connectivity index (χ1v) is 9.41. The first kappa shape index (κ1) is 16.7. The van der Waals surface area contributed by atoms with Gasteiger partial charge in [0.2, 0.25) is 0 Å². The molecule has 1 N–H and O–H groups in total. The third-order valence-corrected chi connectivity index (χ3v) is 5.66. The summed E-state index contributed by atoms with van der Waals surface area (Å²) in [5.74, 6) is 0. The fourth-order valence-corrected chi connectivity index (χ4v) is 3.81. The maximum absolute atomic E-state index is 6.17. The molecule has 1 fully saturated rings. The van der Waals surface area contributed by atoms with Gasteiger partial charge in [0.15, 0.2) is 5.11 Å². The van der Waals surface area contributed by atoms with Crippen molar-refractivity contribution in [3.63, 3.8) is 0 Å². The van der Waals surface area contributed by atoms with Crippen LogP contribution < -0.4 is 5.32 Å². The molecule has 1 aliphatic rings. The molecular weight excluding hydrogens is 346 g/mol. The third-order valence-electron chi connectivity index (χ3n) is 4.16. The van der Waals surface area contributed by atoms with Crippen molar-refractivity contribution >= 4 is 46.0 Å². The summed E-state index contributed by atoms with van der Waals surface area (Å²) in [6, 6.07) is 8.05. The van der Waals surface area contributed by atoms with Crippen LogP contribution in [0.5, 0.6) is 0 Å². The zero-order valence-corrected chi connectivity index (χ0v) is 15.5. The number of thiocarbonyl (C=S) groups is 1. The largest absolute Gasteiger partial charge is 0.346 e. The Labute approximate surface area is 151 Å². The van der Waals surface area contributed by atoms with E-state index in [9.17, 15) is 0 Å². The summed E-state index contributed by atoms with van der Waals surface area (Å²) in [4.78, 5) is 4.71. The Morgan fingerprint density at radius 3 is 2.74 bits per heavy atom. The van der Waals surface area contributed by atoms with Crippen LogP contribution in [-0.2, 0) is 6.54 Å². The van der Waals surface area contributed by atoms with E-state index in [2.05, 4.69) is 31.9 Å². The number of rotatable bonds is 3. The van der Waals surface area contributed by atoms with E-state index in [1.165, 1.54) is 5.56 Å². The Morgan fingerprint density at radius 1 is 1.26 bits per heavy atom. The molecule has 6 heteroatoms. The Kier molecular flexibility index (Phi) is 5.54. The highest BCUT2D eigenvalue weighted by Gasteiger charge is 2.19. The summed E-state index contributed by atoms with van der Waals surface area (Å²) in [6.45, 7) is 7.01. The third kappa shape index (κ3) is 4.23. The highest BCUT2D eigenvalue weighted by atomic mass is 35.5. The quantitative estimate of drug-likeness (QED) is 0.820. The second-order valence-electron chi connectivity index (χ2n) is 5.74. The van der Waals surface area contributed by atoms with Gasteiger partial charge in [0.25, 0.3) is 0 Å². The standard InChI is InChI=1S/C17H20ClN3S2/c1-13-15(18)3-2-4-16(13)19-17(22)21-8-6-20(7-9-21)11-14-5-10-23-12-14/h2-5,10,12H,6-9,11H2,1H3,(H,19,22). The number of piperazine rings is 1. The molecule has 122 valence electrons. The van der Waals surface area contributed by atoms with Crippen LogP contribution in [0.25, 0.3) is 0 Å². The molecule has 0 atom stereocenters. The smallest absolute Gasteiger partial charge is 0.173 e. The molecule has 3 rings (SSSR count). The van der Waals surface area contributed by atoms with Gasteiger partial charge in [-0.1, -0.05) is 17.7 Å². The van der Waals surface area contributed by atoms with Gasteiger partial charge in [0.1, 0.15) is 0 Å². The number of hydrogen-bond acceptors (Lipinski definition) is 3. The molecule has 0 saturated carbocycles. The van der Waals surface area contributed by atoms with Gasteiger partial charge in [-0.15, -0.1) is 0 Å². The molecule has 23 heavy (non-hydrogen) atoms. The normalized spacial score (nSPS) is 15.7. The summed E-state index contributed by atoms with van der Waals surface area (Å²) in [7, 11) is 0. The lowest BCUT2D eigenvalue weighted by Gasteiger charge is -2.36. The van der Waals surface area contributed by atoms with Gasteiger partial charge in [-0.2, -0.15) is 11.3 Å². The van der Waals surface area contributed by atoms with Crippen molar-refractivity contribution in [1.82, 2.24) is 9.80 Å². The van der Waals surface area contributed by atoms with Gasteiger partial charge in [-0.3, -0.25) is 4.90 Å². The van der Waals surface area contributed by atoms with Gasteiger partial charge in [0, 0.05) is 43.4 Å². The van der Waals surface area contributed by atoms with E-state index < -0.39 is 0 Å². The number of thiophene rings is 1. The molecule has 1 aliphatic heterocycles. The predicted molar refractivity (Wildman–Crippen MR) is 104 cm³/mol. The number of hydrogen-bond donors (Lipinski definition) is 1. The predicted octanol–water partition coefficient (Wildman–Crippen LogP) is 4.22. The highest BCUT2D eigenvalue weighted by Crippen LogP contribution is 2.23. The Balaban J connectivity index is 1.53. The van der Waals surface area contributed by atoms with Crippen LogP contribution in [0, 0.1) is 6.92 Å². The molecule has 1 aromatic carbocycles. The van der Waals surface area contributed by atoms with Gasteiger partial charge >= 0.3 is 0 Å². The van der Waals surface area contributed by atoms with Crippen LogP contribution in [0.15, 0.2) is 35.0 Å². The number of nitrogens with zero attached hydrogens (tertiary/aromatic N) is 2. The first-order chi connectivity index (χ1) is 11.1. The van der Waals surface area contributed by atoms with Gasteiger partial charge in [0.05, 0.1) is 0 Å². The van der Waals surface area contributed by atoms with Crippen LogP contribution in [0.1, 0.15) is 11.1 Å². The molecule has 0 spiro atoms. The average Bonchev–Trinajstić information content (AvgIpc) is 3.05. The molecule has 0 amide bonds. The van der Waals surface area contributed by atoms with Crippen molar-refractivity contribution in [3.05, 3.63) is 51.2 Å². The fourth-order valence-electron chi connectivity index (χ4n) is 2.69. The highest BCUT2D eigenvalue weighted by molar-refractivity contribution is 7.80.